The number of nitro groups is 1. The van der Waals surface area contributed by atoms with Gasteiger partial charge in [0.25, 0.3) is 5.69 Å². The number of rotatable bonds is 5. The fraction of sp³-hybridized carbons (Fsp3) is 0.250. The second-order valence-corrected chi connectivity index (χ2v) is 4.64. The van der Waals surface area contributed by atoms with Crippen LogP contribution in [0.25, 0.3) is 0 Å². The molecule has 0 saturated heterocycles. The van der Waals surface area contributed by atoms with E-state index in [2.05, 4.69) is 4.98 Å². The number of nitrogens with zero attached hydrogens (tertiary/aromatic N) is 2. The minimum absolute atomic E-state index is 0.0723. The van der Waals surface area contributed by atoms with Gasteiger partial charge in [-0.1, -0.05) is 0 Å². The predicted octanol–water partition coefficient (Wildman–Crippen LogP) is 2.68. The third-order valence-electron chi connectivity index (χ3n) is 2.51. The first-order valence-corrected chi connectivity index (χ1v) is 6.48. The number of benzene rings is 1. The zero-order valence-corrected chi connectivity index (χ0v) is 11.0. The van der Waals surface area contributed by atoms with Crippen molar-refractivity contribution in [1.29, 1.82) is 0 Å². The lowest BCUT2D eigenvalue weighted by Gasteiger charge is -2.12. The Hall–Kier alpha value is -1.99. The van der Waals surface area contributed by atoms with Crippen LogP contribution >= 0.6 is 11.3 Å². The smallest absolute Gasteiger partial charge is 0.270 e. The van der Waals surface area contributed by atoms with Crippen molar-refractivity contribution in [3.8, 4) is 5.75 Å². The molecule has 0 radical (unpaired) electrons. The average Bonchev–Trinajstić information content (AvgIpc) is 2.89. The SMILES string of the molecule is CC(O)c1cc([N+](=O)[O-])ccc1OCc1cscn1. The fourth-order valence-electron chi connectivity index (χ4n) is 1.57. The standard InChI is InChI=1S/C12H12N2O4S/c1-8(15)11-4-10(14(16)17)2-3-12(11)18-5-9-6-19-7-13-9/h2-4,6-8,15H,5H2,1H3. The van der Waals surface area contributed by atoms with Gasteiger partial charge in [0.15, 0.2) is 0 Å². The monoisotopic (exact) mass is 280 g/mol. The molecule has 0 amide bonds. The maximum atomic E-state index is 10.7. The van der Waals surface area contributed by atoms with E-state index in [1.54, 1.807) is 5.51 Å². The van der Waals surface area contributed by atoms with Gasteiger partial charge >= 0.3 is 0 Å². The van der Waals surface area contributed by atoms with Crippen LogP contribution in [0.1, 0.15) is 24.3 Å². The lowest BCUT2D eigenvalue weighted by atomic mass is 10.1. The van der Waals surface area contributed by atoms with E-state index in [4.69, 9.17) is 4.74 Å². The highest BCUT2D eigenvalue weighted by Crippen LogP contribution is 2.29. The highest BCUT2D eigenvalue weighted by atomic mass is 32.1. The van der Waals surface area contributed by atoms with Gasteiger partial charge in [-0.15, -0.1) is 11.3 Å². The first-order chi connectivity index (χ1) is 9.08. The fourth-order valence-corrected chi connectivity index (χ4v) is 2.11. The number of ether oxygens (including phenoxy) is 1. The van der Waals surface area contributed by atoms with Gasteiger partial charge in [0.1, 0.15) is 12.4 Å². The number of hydrogen-bond acceptors (Lipinski definition) is 6. The maximum absolute atomic E-state index is 10.7. The van der Waals surface area contributed by atoms with Crippen LogP contribution in [0.3, 0.4) is 0 Å². The average molecular weight is 280 g/mol. The molecule has 1 unspecified atom stereocenters. The van der Waals surface area contributed by atoms with Crippen molar-refractivity contribution in [2.75, 3.05) is 0 Å². The molecule has 0 saturated carbocycles. The van der Waals surface area contributed by atoms with E-state index < -0.39 is 11.0 Å². The maximum Gasteiger partial charge on any atom is 0.270 e. The summed E-state index contributed by atoms with van der Waals surface area (Å²) in [5, 5.41) is 22.2. The lowest BCUT2D eigenvalue weighted by molar-refractivity contribution is -0.385. The van der Waals surface area contributed by atoms with Gasteiger partial charge in [-0.05, 0) is 13.0 Å². The number of hydrogen-bond donors (Lipinski definition) is 1. The highest BCUT2D eigenvalue weighted by Gasteiger charge is 2.15. The van der Waals surface area contributed by atoms with Gasteiger partial charge in [-0.2, -0.15) is 0 Å². The van der Waals surface area contributed by atoms with E-state index in [9.17, 15) is 15.2 Å². The van der Waals surface area contributed by atoms with Crippen LogP contribution in [-0.4, -0.2) is 15.0 Å². The first-order valence-electron chi connectivity index (χ1n) is 5.54. The summed E-state index contributed by atoms with van der Waals surface area (Å²) < 4.78 is 5.54. The molecule has 1 N–H and O–H groups in total. The number of aromatic nitrogens is 1. The molecule has 1 heterocycles. The number of non-ortho nitro benzene ring substituents is 1. The molecule has 0 bridgehead atoms. The summed E-state index contributed by atoms with van der Waals surface area (Å²) in [7, 11) is 0. The number of nitro benzene ring substituents is 1. The van der Waals surface area contributed by atoms with Crippen molar-refractivity contribution < 1.29 is 14.8 Å². The van der Waals surface area contributed by atoms with Crippen LogP contribution in [0.5, 0.6) is 5.75 Å². The van der Waals surface area contributed by atoms with Gasteiger partial charge in [-0.25, -0.2) is 4.98 Å². The second-order valence-electron chi connectivity index (χ2n) is 3.92. The Morgan fingerprint density at radius 1 is 1.58 bits per heavy atom. The summed E-state index contributed by atoms with van der Waals surface area (Å²) in [5.74, 6) is 0.425. The van der Waals surface area contributed by atoms with Crippen molar-refractivity contribution in [2.24, 2.45) is 0 Å². The Kier molecular flexibility index (Phi) is 4.08. The molecule has 0 aliphatic rings. The van der Waals surface area contributed by atoms with Crippen molar-refractivity contribution in [3.63, 3.8) is 0 Å². The van der Waals surface area contributed by atoms with Crippen LogP contribution < -0.4 is 4.74 Å². The van der Waals surface area contributed by atoms with Gasteiger partial charge in [0.05, 0.1) is 22.2 Å². The molecule has 6 nitrogen and oxygen atoms in total. The predicted molar refractivity (Wildman–Crippen MR) is 70.2 cm³/mol. The number of aliphatic hydroxyl groups excluding tert-OH is 1. The molecule has 0 fully saturated rings. The van der Waals surface area contributed by atoms with Crippen LogP contribution in [0, 0.1) is 10.1 Å². The molecule has 0 spiro atoms. The molecule has 7 heteroatoms. The highest BCUT2D eigenvalue weighted by molar-refractivity contribution is 7.07. The summed E-state index contributed by atoms with van der Waals surface area (Å²) in [4.78, 5) is 14.3. The summed E-state index contributed by atoms with van der Waals surface area (Å²) in [6.45, 7) is 1.80. The third-order valence-corrected chi connectivity index (χ3v) is 3.15. The largest absolute Gasteiger partial charge is 0.487 e. The van der Waals surface area contributed by atoms with E-state index in [-0.39, 0.29) is 12.3 Å². The molecule has 1 aromatic carbocycles. The zero-order chi connectivity index (χ0) is 13.8. The van der Waals surface area contributed by atoms with E-state index in [1.165, 1.54) is 36.5 Å². The molecule has 0 aliphatic carbocycles. The zero-order valence-electron chi connectivity index (χ0n) is 10.1. The second kappa shape index (κ2) is 5.77. The normalized spacial score (nSPS) is 12.1. The summed E-state index contributed by atoms with van der Waals surface area (Å²) in [6.07, 6.45) is -0.842. The van der Waals surface area contributed by atoms with Crippen LogP contribution in [0.15, 0.2) is 29.1 Å². The minimum atomic E-state index is -0.842. The Morgan fingerprint density at radius 3 is 2.95 bits per heavy atom. The molecule has 0 aliphatic heterocycles. The Bertz CT molecular complexity index is 569. The minimum Gasteiger partial charge on any atom is -0.487 e. The van der Waals surface area contributed by atoms with E-state index in [0.29, 0.717) is 11.3 Å². The van der Waals surface area contributed by atoms with Crippen LogP contribution in [0.4, 0.5) is 5.69 Å². The molecule has 2 aromatic rings. The topological polar surface area (TPSA) is 85.5 Å². The third kappa shape index (κ3) is 3.27. The summed E-state index contributed by atoms with van der Waals surface area (Å²) >= 11 is 1.46. The van der Waals surface area contributed by atoms with Crippen molar-refractivity contribution >= 4 is 17.0 Å². The Labute approximate surface area is 113 Å². The van der Waals surface area contributed by atoms with Gasteiger partial charge in [-0.3, -0.25) is 10.1 Å². The van der Waals surface area contributed by atoms with Gasteiger partial charge < -0.3 is 9.84 Å². The van der Waals surface area contributed by atoms with Crippen molar-refractivity contribution in [1.82, 2.24) is 4.98 Å². The summed E-state index contributed by atoms with van der Waals surface area (Å²) in [6, 6.07) is 4.16. The van der Waals surface area contributed by atoms with Crippen molar-refractivity contribution in [3.05, 3.63) is 50.5 Å². The number of aliphatic hydroxyl groups is 1. The Morgan fingerprint density at radius 2 is 2.37 bits per heavy atom. The first kappa shape index (κ1) is 13.4. The molecule has 19 heavy (non-hydrogen) atoms. The lowest BCUT2D eigenvalue weighted by Crippen LogP contribution is -2.02. The molecule has 1 atom stereocenters. The van der Waals surface area contributed by atoms with Crippen molar-refractivity contribution in [2.45, 2.75) is 19.6 Å². The van der Waals surface area contributed by atoms with Crippen LogP contribution in [0.2, 0.25) is 0 Å². The van der Waals surface area contributed by atoms with Gasteiger partial charge in [0.2, 0.25) is 0 Å². The van der Waals surface area contributed by atoms with E-state index >= 15 is 0 Å². The molecular weight excluding hydrogens is 268 g/mol. The van der Waals surface area contributed by atoms with Gasteiger partial charge in [0, 0.05) is 23.1 Å². The molecule has 1 aromatic heterocycles. The van der Waals surface area contributed by atoms with E-state index in [0.717, 1.165) is 5.69 Å². The molecule has 2 rings (SSSR count). The van der Waals surface area contributed by atoms with Crippen LogP contribution in [-0.2, 0) is 6.61 Å². The Balaban J connectivity index is 2.21. The number of thiazole rings is 1. The van der Waals surface area contributed by atoms with E-state index in [1.807, 2.05) is 5.38 Å². The summed E-state index contributed by atoms with van der Waals surface area (Å²) in [5.41, 5.74) is 2.80. The quantitative estimate of drug-likeness (QED) is 0.672. The molecular formula is C12H12N2O4S. The molecule has 100 valence electrons.